The van der Waals surface area contributed by atoms with Gasteiger partial charge in [0.1, 0.15) is 6.04 Å². The minimum absolute atomic E-state index is 0.118. The van der Waals surface area contributed by atoms with Gasteiger partial charge < -0.3 is 14.8 Å². The highest BCUT2D eigenvalue weighted by Gasteiger charge is 2.27. The fourth-order valence-corrected chi connectivity index (χ4v) is 2.15. The number of halogens is 2. The minimum atomic E-state index is -0.795. The Morgan fingerprint density at radius 3 is 2.42 bits per heavy atom. The van der Waals surface area contributed by atoms with Crippen LogP contribution in [-0.2, 0) is 19.1 Å². The number of carbonyl (C=O) groups is 3. The van der Waals surface area contributed by atoms with Crippen molar-refractivity contribution in [3.63, 3.8) is 0 Å². The maximum absolute atomic E-state index is 11.9. The SMILES string of the molecule is CC[C@H](C)[C@@H](NC(=O)COC(=O)c1ccc(Cl)c(Cl)c1)C(=O)OC. The molecule has 1 rings (SSSR count). The zero-order valence-electron chi connectivity index (χ0n) is 13.6. The summed E-state index contributed by atoms with van der Waals surface area (Å²) in [6.07, 6.45) is 0.670. The van der Waals surface area contributed by atoms with Crippen LogP contribution in [0, 0.1) is 5.92 Å². The number of carbonyl (C=O) groups excluding carboxylic acids is 3. The van der Waals surface area contributed by atoms with E-state index in [4.69, 9.17) is 27.9 Å². The summed E-state index contributed by atoms with van der Waals surface area (Å²) in [5.74, 6) is -1.98. The van der Waals surface area contributed by atoms with E-state index in [1.807, 2.05) is 13.8 Å². The first-order chi connectivity index (χ1) is 11.3. The monoisotopic (exact) mass is 375 g/mol. The van der Waals surface area contributed by atoms with E-state index in [9.17, 15) is 14.4 Å². The predicted molar refractivity (Wildman–Crippen MR) is 90.1 cm³/mol. The highest BCUT2D eigenvalue weighted by molar-refractivity contribution is 6.42. The molecule has 0 aliphatic carbocycles. The summed E-state index contributed by atoms with van der Waals surface area (Å²) < 4.78 is 9.57. The van der Waals surface area contributed by atoms with Gasteiger partial charge in [0.05, 0.1) is 22.7 Å². The van der Waals surface area contributed by atoms with Gasteiger partial charge in [-0.2, -0.15) is 0 Å². The Bertz CT molecular complexity index is 620. The Kier molecular flexibility index (Phi) is 8.01. The van der Waals surface area contributed by atoms with Crippen molar-refractivity contribution in [1.29, 1.82) is 0 Å². The van der Waals surface area contributed by atoms with Crippen LogP contribution in [0.5, 0.6) is 0 Å². The van der Waals surface area contributed by atoms with Crippen LogP contribution in [0.2, 0.25) is 10.0 Å². The topological polar surface area (TPSA) is 81.7 Å². The average molecular weight is 376 g/mol. The van der Waals surface area contributed by atoms with E-state index >= 15 is 0 Å². The normalized spacial score (nSPS) is 12.9. The summed E-state index contributed by atoms with van der Waals surface area (Å²) >= 11 is 11.6. The molecular formula is C16H19Cl2NO5. The first kappa shape index (κ1) is 20.3. The van der Waals surface area contributed by atoms with Crippen LogP contribution < -0.4 is 5.32 Å². The molecule has 0 fully saturated rings. The molecule has 1 amide bonds. The molecule has 0 aromatic heterocycles. The molecule has 24 heavy (non-hydrogen) atoms. The van der Waals surface area contributed by atoms with Crippen molar-refractivity contribution in [1.82, 2.24) is 5.32 Å². The fourth-order valence-electron chi connectivity index (χ4n) is 1.85. The quantitative estimate of drug-likeness (QED) is 0.740. The lowest BCUT2D eigenvalue weighted by Gasteiger charge is -2.21. The van der Waals surface area contributed by atoms with Gasteiger partial charge in [0, 0.05) is 0 Å². The second kappa shape index (κ2) is 9.49. The molecule has 0 saturated heterocycles. The number of methoxy groups -OCH3 is 1. The maximum atomic E-state index is 11.9. The second-order valence-corrected chi connectivity index (χ2v) is 5.97. The van der Waals surface area contributed by atoms with Crippen LogP contribution in [0.25, 0.3) is 0 Å². The Hall–Kier alpha value is -1.79. The summed E-state index contributed by atoms with van der Waals surface area (Å²) in [5, 5.41) is 3.02. The zero-order chi connectivity index (χ0) is 18.3. The van der Waals surface area contributed by atoms with Crippen LogP contribution in [-0.4, -0.2) is 37.6 Å². The molecule has 0 aliphatic rings. The molecule has 1 aromatic rings. The molecule has 8 heteroatoms. The molecule has 2 atom stereocenters. The molecule has 0 heterocycles. The van der Waals surface area contributed by atoms with Gasteiger partial charge in [-0.15, -0.1) is 0 Å². The van der Waals surface area contributed by atoms with E-state index < -0.39 is 30.5 Å². The number of ether oxygens (including phenoxy) is 2. The molecule has 0 aliphatic heterocycles. The van der Waals surface area contributed by atoms with E-state index in [0.717, 1.165) is 0 Å². The largest absolute Gasteiger partial charge is 0.467 e. The van der Waals surface area contributed by atoms with Crippen molar-refractivity contribution in [2.24, 2.45) is 5.92 Å². The molecule has 132 valence electrons. The Morgan fingerprint density at radius 2 is 1.88 bits per heavy atom. The summed E-state index contributed by atoms with van der Waals surface area (Å²) in [4.78, 5) is 35.5. The van der Waals surface area contributed by atoms with E-state index in [1.54, 1.807) is 0 Å². The van der Waals surface area contributed by atoms with Crippen LogP contribution in [0.1, 0.15) is 30.6 Å². The van der Waals surface area contributed by atoms with Gasteiger partial charge in [-0.1, -0.05) is 43.5 Å². The van der Waals surface area contributed by atoms with Gasteiger partial charge in [-0.3, -0.25) is 4.79 Å². The fraction of sp³-hybridized carbons (Fsp3) is 0.438. The van der Waals surface area contributed by atoms with Crippen molar-refractivity contribution in [3.8, 4) is 0 Å². The molecule has 0 radical (unpaired) electrons. The van der Waals surface area contributed by atoms with Crippen LogP contribution in [0.15, 0.2) is 18.2 Å². The molecule has 0 bridgehead atoms. The number of rotatable bonds is 7. The van der Waals surface area contributed by atoms with Crippen molar-refractivity contribution >= 4 is 41.0 Å². The van der Waals surface area contributed by atoms with E-state index in [0.29, 0.717) is 11.4 Å². The summed E-state index contributed by atoms with van der Waals surface area (Å²) in [6, 6.07) is 3.44. The number of amides is 1. The van der Waals surface area contributed by atoms with Crippen molar-refractivity contribution in [2.75, 3.05) is 13.7 Å². The van der Waals surface area contributed by atoms with Gasteiger partial charge in [0.2, 0.25) is 0 Å². The van der Waals surface area contributed by atoms with Crippen LogP contribution in [0.4, 0.5) is 0 Å². The van der Waals surface area contributed by atoms with Gasteiger partial charge in [0.15, 0.2) is 6.61 Å². The minimum Gasteiger partial charge on any atom is -0.467 e. The highest BCUT2D eigenvalue weighted by atomic mass is 35.5. The smallest absolute Gasteiger partial charge is 0.338 e. The van der Waals surface area contributed by atoms with Crippen molar-refractivity contribution in [2.45, 2.75) is 26.3 Å². The van der Waals surface area contributed by atoms with E-state index in [1.165, 1.54) is 25.3 Å². The molecule has 1 N–H and O–H groups in total. The Balaban J connectivity index is 2.62. The van der Waals surface area contributed by atoms with Gasteiger partial charge >= 0.3 is 11.9 Å². The molecule has 0 unspecified atom stereocenters. The molecule has 0 spiro atoms. The van der Waals surface area contributed by atoms with Gasteiger partial charge in [0.25, 0.3) is 5.91 Å². The number of hydrogen-bond acceptors (Lipinski definition) is 5. The zero-order valence-corrected chi connectivity index (χ0v) is 15.1. The molecule has 1 aromatic carbocycles. The lowest BCUT2D eigenvalue weighted by molar-refractivity contribution is -0.147. The third-order valence-corrected chi connectivity index (χ3v) is 4.21. The van der Waals surface area contributed by atoms with Gasteiger partial charge in [-0.25, -0.2) is 9.59 Å². The standard InChI is InChI=1S/C16H19Cl2NO5/c1-4-9(2)14(16(22)23-3)19-13(20)8-24-15(21)10-5-6-11(17)12(18)7-10/h5-7,9,14H,4,8H2,1-3H3,(H,19,20)/t9-,14+/m0/s1. The summed E-state index contributed by atoms with van der Waals surface area (Å²) in [7, 11) is 1.24. The Morgan fingerprint density at radius 1 is 1.21 bits per heavy atom. The van der Waals surface area contributed by atoms with E-state index in [2.05, 4.69) is 10.1 Å². The second-order valence-electron chi connectivity index (χ2n) is 5.16. The third kappa shape index (κ3) is 5.69. The van der Waals surface area contributed by atoms with Gasteiger partial charge in [-0.05, 0) is 24.1 Å². The highest BCUT2D eigenvalue weighted by Crippen LogP contribution is 2.22. The number of benzene rings is 1. The Labute approximate surface area is 150 Å². The predicted octanol–water partition coefficient (Wildman–Crippen LogP) is 2.85. The molecule has 0 saturated carbocycles. The maximum Gasteiger partial charge on any atom is 0.338 e. The lowest BCUT2D eigenvalue weighted by Crippen LogP contribution is -2.47. The molecular weight excluding hydrogens is 357 g/mol. The van der Waals surface area contributed by atoms with Crippen LogP contribution in [0.3, 0.4) is 0 Å². The number of nitrogens with one attached hydrogen (secondary N) is 1. The number of hydrogen-bond donors (Lipinski definition) is 1. The summed E-state index contributed by atoms with van der Waals surface area (Å²) in [6.45, 7) is 3.17. The van der Waals surface area contributed by atoms with Crippen molar-refractivity contribution < 1.29 is 23.9 Å². The molecule has 6 nitrogen and oxygen atoms in total. The first-order valence-corrected chi connectivity index (χ1v) is 8.05. The van der Waals surface area contributed by atoms with Crippen LogP contribution >= 0.6 is 23.2 Å². The third-order valence-electron chi connectivity index (χ3n) is 3.47. The lowest BCUT2D eigenvalue weighted by atomic mass is 9.99. The first-order valence-electron chi connectivity index (χ1n) is 7.29. The van der Waals surface area contributed by atoms with E-state index in [-0.39, 0.29) is 16.5 Å². The number of esters is 2. The summed E-state index contributed by atoms with van der Waals surface area (Å²) in [5.41, 5.74) is 0.170. The van der Waals surface area contributed by atoms with Crippen molar-refractivity contribution in [3.05, 3.63) is 33.8 Å². The average Bonchev–Trinajstić information content (AvgIpc) is 2.58.